The zero-order valence-electron chi connectivity index (χ0n) is 7.86. The maximum atomic E-state index is 5.05. The van der Waals surface area contributed by atoms with Crippen molar-refractivity contribution in [2.75, 3.05) is 20.3 Å². The van der Waals surface area contributed by atoms with Crippen molar-refractivity contribution in [1.82, 2.24) is 20.2 Å². The number of methoxy groups -OCH3 is 1. The summed E-state index contributed by atoms with van der Waals surface area (Å²) in [7, 11) is 3.51. The van der Waals surface area contributed by atoms with Crippen LogP contribution < -0.4 is 5.48 Å². The van der Waals surface area contributed by atoms with Gasteiger partial charge in [-0.15, -0.1) is 10.2 Å². The van der Waals surface area contributed by atoms with Crippen LogP contribution in [0.25, 0.3) is 0 Å². The van der Waals surface area contributed by atoms with E-state index in [0.29, 0.717) is 19.8 Å². The van der Waals surface area contributed by atoms with Gasteiger partial charge in [-0.25, -0.2) is 0 Å². The normalized spacial score (nSPS) is 10.6. The lowest BCUT2D eigenvalue weighted by Crippen LogP contribution is -2.19. The van der Waals surface area contributed by atoms with E-state index in [1.165, 1.54) is 0 Å². The highest BCUT2D eigenvalue weighted by Crippen LogP contribution is 1.89. The summed E-state index contributed by atoms with van der Waals surface area (Å²) in [5, 5.41) is 7.60. The first-order valence-electron chi connectivity index (χ1n) is 4.01. The molecule has 6 heteroatoms. The minimum absolute atomic E-state index is 0.522. The van der Waals surface area contributed by atoms with E-state index in [4.69, 9.17) is 9.57 Å². The molecule has 1 rings (SSSR count). The molecule has 6 nitrogen and oxygen atoms in total. The van der Waals surface area contributed by atoms with Crippen molar-refractivity contribution in [3.8, 4) is 0 Å². The molecule has 0 fully saturated rings. The average Bonchev–Trinajstić information content (AvgIpc) is 2.52. The molecule has 1 aromatic heterocycles. The average molecular weight is 186 g/mol. The molecular weight excluding hydrogens is 172 g/mol. The fourth-order valence-corrected chi connectivity index (χ4v) is 0.780. The van der Waals surface area contributed by atoms with Gasteiger partial charge in [0.25, 0.3) is 0 Å². The van der Waals surface area contributed by atoms with Crippen molar-refractivity contribution < 1.29 is 9.57 Å². The molecule has 0 atom stereocenters. The number of aromatic nitrogens is 3. The summed E-state index contributed by atoms with van der Waals surface area (Å²) < 4.78 is 6.63. The minimum Gasteiger partial charge on any atom is -0.382 e. The number of hydrogen-bond donors (Lipinski definition) is 1. The molecule has 0 radical (unpaired) electrons. The lowest BCUT2D eigenvalue weighted by molar-refractivity contribution is 0.00212. The summed E-state index contributed by atoms with van der Waals surface area (Å²) in [5.74, 6) is 0.831. The molecule has 0 saturated heterocycles. The lowest BCUT2D eigenvalue weighted by atomic mass is 10.6. The van der Waals surface area contributed by atoms with Gasteiger partial charge in [-0.05, 0) is 0 Å². The van der Waals surface area contributed by atoms with Crippen LogP contribution >= 0.6 is 0 Å². The number of aryl methyl sites for hydroxylation is 1. The van der Waals surface area contributed by atoms with Gasteiger partial charge in [-0.1, -0.05) is 0 Å². The number of hydroxylamine groups is 1. The van der Waals surface area contributed by atoms with E-state index in [2.05, 4.69) is 15.7 Å². The number of rotatable bonds is 6. The van der Waals surface area contributed by atoms with Crippen LogP contribution in [0.3, 0.4) is 0 Å². The number of nitrogens with one attached hydrogen (secondary N) is 1. The molecular formula is C7H14N4O2. The highest BCUT2D eigenvalue weighted by molar-refractivity contribution is 4.81. The first-order valence-corrected chi connectivity index (χ1v) is 4.01. The lowest BCUT2D eigenvalue weighted by Gasteiger charge is -2.03. The fraction of sp³-hybridized carbons (Fsp3) is 0.714. The van der Waals surface area contributed by atoms with Gasteiger partial charge in [0.1, 0.15) is 12.2 Å². The van der Waals surface area contributed by atoms with Crippen LogP contribution in [0.4, 0.5) is 0 Å². The molecule has 1 heterocycles. The molecule has 0 aliphatic heterocycles. The first-order chi connectivity index (χ1) is 6.34. The topological polar surface area (TPSA) is 61.2 Å². The Morgan fingerprint density at radius 3 is 3.00 bits per heavy atom. The van der Waals surface area contributed by atoms with E-state index in [1.54, 1.807) is 13.4 Å². The molecule has 0 aromatic carbocycles. The second-order valence-electron chi connectivity index (χ2n) is 2.52. The Hall–Kier alpha value is -0.980. The molecule has 0 bridgehead atoms. The summed E-state index contributed by atoms with van der Waals surface area (Å²) >= 11 is 0. The highest BCUT2D eigenvalue weighted by Gasteiger charge is 1.98. The van der Waals surface area contributed by atoms with Crippen LogP contribution in [0.1, 0.15) is 5.82 Å². The first kappa shape index (κ1) is 10.1. The second-order valence-corrected chi connectivity index (χ2v) is 2.52. The van der Waals surface area contributed by atoms with Gasteiger partial charge in [-0.3, -0.25) is 4.84 Å². The monoisotopic (exact) mass is 186 g/mol. The van der Waals surface area contributed by atoms with Crippen LogP contribution in [0.2, 0.25) is 0 Å². The van der Waals surface area contributed by atoms with Gasteiger partial charge < -0.3 is 9.30 Å². The van der Waals surface area contributed by atoms with E-state index >= 15 is 0 Å². The van der Waals surface area contributed by atoms with Crippen LogP contribution in [0, 0.1) is 0 Å². The van der Waals surface area contributed by atoms with Crippen molar-refractivity contribution in [1.29, 1.82) is 0 Å². The molecule has 0 saturated carbocycles. The van der Waals surface area contributed by atoms with Gasteiger partial charge in [-0.2, -0.15) is 5.48 Å². The van der Waals surface area contributed by atoms with Crippen molar-refractivity contribution in [3.63, 3.8) is 0 Å². The largest absolute Gasteiger partial charge is 0.382 e. The standard InChI is InChI=1S/C7H14N4O2/c1-11-6-8-10-7(11)5-9-13-4-3-12-2/h6,9H,3-5H2,1-2H3. The maximum absolute atomic E-state index is 5.05. The van der Waals surface area contributed by atoms with E-state index in [0.717, 1.165) is 5.82 Å². The Balaban J connectivity index is 2.10. The fourth-order valence-electron chi connectivity index (χ4n) is 0.780. The van der Waals surface area contributed by atoms with E-state index < -0.39 is 0 Å². The van der Waals surface area contributed by atoms with Crippen molar-refractivity contribution >= 4 is 0 Å². The number of nitrogens with zero attached hydrogens (tertiary/aromatic N) is 3. The predicted octanol–water partition coefficient (Wildman–Crippen LogP) is -0.517. The summed E-state index contributed by atoms with van der Waals surface area (Å²) in [6, 6.07) is 0. The van der Waals surface area contributed by atoms with E-state index in [9.17, 15) is 0 Å². The summed E-state index contributed by atoms with van der Waals surface area (Å²) in [5.41, 5.74) is 2.76. The Morgan fingerprint density at radius 2 is 2.38 bits per heavy atom. The van der Waals surface area contributed by atoms with Gasteiger partial charge in [0, 0.05) is 14.2 Å². The van der Waals surface area contributed by atoms with Gasteiger partial charge in [0.2, 0.25) is 0 Å². The molecule has 13 heavy (non-hydrogen) atoms. The Labute approximate surface area is 76.8 Å². The van der Waals surface area contributed by atoms with Crippen molar-refractivity contribution in [2.45, 2.75) is 6.54 Å². The second kappa shape index (κ2) is 5.63. The van der Waals surface area contributed by atoms with Crippen LogP contribution in [0.5, 0.6) is 0 Å². The molecule has 0 amide bonds. The summed E-state index contributed by atoms with van der Waals surface area (Å²) in [6.07, 6.45) is 1.65. The molecule has 74 valence electrons. The smallest absolute Gasteiger partial charge is 0.148 e. The highest BCUT2D eigenvalue weighted by atomic mass is 16.7. The molecule has 0 aliphatic rings. The number of hydrogen-bond acceptors (Lipinski definition) is 5. The SMILES string of the molecule is COCCONCc1nncn1C. The third-order valence-corrected chi connectivity index (χ3v) is 1.53. The maximum Gasteiger partial charge on any atom is 0.148 e. The predicted molar refractivity (Wildman–Crippen MR) is 45.7 cm³/mol. The molecule has 0 aliphatic carbocycles. The molecule has 0 unspecified atom stereocenters. The molecule has 0 spiro atoms. The van der Waals surface area contributed by atoms with E-state index in [-0.39, 0.29) is 0 Å². The van der Waals surface area contributed by atoms with Crippen molar-refractivity contribution in [2.24, 2.45) is 7.05 Å². The third-order valence-electron chi connectivity index (χ3n) is 1.53. The molecule has 1 N–H and O–H groups in total. The van der Waals surface area contributed by atoms with Gasteiger partial charge in [0.05, 0.1) is 19.8 Å². The summed E-state index contributed by atoms with van der Waals surface area (Å²) in [4.78, 5) is 5.05. The Morgan fingerprint density at radius 1 is 1.54 bits per heavy atom. The van der Waals surface area contributed by atoms with Crippen LogP contribution in [-0.2, 0) is 23.2 Å². The quantitative estimate of drug-likeness (QED) is 0.478. The van der Waals surface area contributed by atoms with Crippen LogP contribution in [-0.4, -0.2) is 35.1 Å². The third kappa shape index (κ3) is 3.49. The van der Waals surface area contributed by atoms with Crippen molar-refractivity contribution in [3.05, 3.63) is 12.2 Å². The van der Waals surface area contributed by atoms with E-state index in [1.807, 2.05) is 11.6 Å². The van der Waals surface area contributed by atoms with Crippen LogP contribution in [0.15, 0.2) is 6.33 Å². The minimum atomic E-state index is 0.522. The molecule has 1 aromatic rings. The summed E-state index contributed by atoms with van der Waals surface area (Å²) in [6.45, 7) is 1.64. The Kier molecular flexibility index (Phi) is 4.37. The zero-order chi connectivity index (χ0) is 9.52. The Bertz CT molecular complexity index is 238. The number of ether oxygens (including phenoxy) is 1. The zero-order valence-corrected chi connectivity index (χ0v) is 7.86. The van der Waals surface area contributed by atoms with Gasteiger partial charge >= 0.3 is 0 Å². The van der Waals surface area contributed by atoms with Gasteiger partial charge in [0.15, 0.2) is 0 Å².